The molecule has 7 nitrogen and oxygen atoms in total. The molecule has 4 unspecified atom stereocenters. The van der Waals surface area contributed by atoms with Crippen LogP contribution in [-0.4, -0.2) is 44.9 Å². The molecule has 31 heavy (non-hydrogen) atoms. The second kappa shape index (κ2) is 9.28. The molecule has 1 aromatic rings. The van der Waals surface area contributed by atoms with Crippen molar-refractivity contribution >= 4 is 26.0 Å². The monoisotopic (exact) mass is 452 g/mol. The Morgan fingerprint density at radius 3 is 2.23 bits per heavy atom. The van der Waals surface area contributed by atoms with Crippen LogP contribution in [-0.2, 0) is 28.3 Å². The standard InChI is InChI=1S/C23H36O7Si/c1-9-27-20(25)17-15(24)14-23(6,30-31(7,8)22(3,4)5)19(21(26)28-10-2)18(17)16-12-11-13-29-16/h11-13,17-19H,9-10,14H2,1-8H3. The first-order chi connectivity index (χ1) is 14.3. The largest absolute Gasteiger partial charge is 0.469 e. The Balaban J connectivity index is 2.66. The maximum Gasteiger partial charge on any atom is 0.317 e. The summed E-state index contributed by atoms with van der Waals surface area (Å²) in [6.45, 7) is 15.9. The van der Waals surface area contributed by atoms with Gasteiger partial charge in [-0.15, -0.1) is 0 Å². The van der Waals surface area contributed by atoms with E-state index >= 15 is 0 Å². The van der Waals surface area contributed by atoms with Gasteiger partial charge in [-0.3, -0.25) is 14.4 Å². The second-order valence-corrected chi connectivity index (χ2v) is 14.5. The minimum absolute atomic E-state index is 0.0797. The predicted molar refractivity (Wildman–Crippen MR) is 118 cm³/mol. The van der Waals surface area contributed by atoms with Crippen LogP contribution in [0.15, 0.2) is 22.8 Å². The number of rotatable bonds is 7. The van der Waals surface area contributed by atoms with Gasteiger partial charge in [0.1, 0.15) is 11.7 Å². The Labute approximate surface area is 185 Å². The second-order valence-electron chi connectivity index (χ2n) is 9.82. The Kier molecular flexibility index (Phi) is 7.58. The van der Waals surface area contributed by atoms with E-state index in [4.69, 9.17) is 18.3 Å². The maximum atomic E-state index is 13.3. The average molecular weight is 453 g/mol. The molecule has 2 rings (SSSR count). The van der Waals surface area contributed by atoms with Gasteiger partial charge in [-0.2, -0.15) is 0 Å². The predicted octanol–water partition coefficient (Wildman–Crippen LogP) is 4.48. The third-order valence-electron chi connectivity index (χ3n) is 6.50. The van der Waals surface area contributed by atoms with Crippen molar-refractivity contribution in [3.8, 4) is 0 Å². The van der Waals surface area contributed by atoms with E-state index in [2.05, 4.69) is 33.9 Å². The smallest absolute Gasteiger partial charge is 0.317 e. The Bertz CT molecular complexity index is 793. The normalized spacial score (nSPS) is 27.1. The molecule has 0 bridgehead atoms. The fourth-order valence-electron chi connectivity index (χ4n) is 4.12. The van der Waals surface area contributed by atoms with Gasteiger partial charge >= 0.3 is 11.9 Å². The van der Waals surface area contributed by atoms with E-state index in [0.29, 0.717) is 5.76 Å². The lowest BCUT2D eigenvalue weighted by molar-refractivity contribution is -0.171. The molecule has 0 spiro atoms. The lowest BCUT2D eigenvalue weighted by Crippen LogP contribution is -2.60. The van der Waals surface area contributed by atoms with Gasteiger partial charge in [0.05, 0.1) is 36.9 Å². The van der Waals surface area contributed by atoms with E-state index in [9.17, 15) is 14.4 Å². The molecule has 1 aliphatic carbocycles. The first-order valence-corrected chi connectivity index (χ1v) is 13.8. The summed E-state index contributed by atoms with van der Waals surface area (Å²) in [4.78, 5) is 39.5. The summed E-state index contributed by atoms with van der Waals surface area (Å²) >= 11 is 0. The van der Waals surface area contributed by atoms with Crippen LogP contribution in [0.1, 0.15) is 59.6 Å². The summed E-state index contributed by atoms with van der Waals surface area (Å²) in [6, 6.07) is 3.35. The fourth-order valence-corrected chi connectivity index (χ4v) is 5.79. The summed E-state index contributed by atoms with van der Waals surface area (Å²) in [5.41, 5.74) is -1.15. The van der Waals surface area contributed by atoms with Crippen LogP contribution >= 0.6 is 0 Å². The van der Waals surface area contributed by atoms with Gasteiger partial charge in [0, 0.05) is 6.42 Å². The van der Waals surface area contributed by atoms with Crippen molar-refractivity contribution in [2.24, 2.45) is 11.8 Å². The van der Waals surface area contributed by atoms with Crippen LogP contribution in [0.5, 0.6) is 0 Å². The van der Waals surface area contributed by atoms with Gasteiger partial charge in [-0.25, -0.2) is 0 Å². The average Bonchev–Trinajstić information content (AvgIpc) is 3.13. The number of hydrogen-bond donors (Lipinski definition) is 0. The number of carbonyl (C=O) groups excluding carboxylic acids is 3. The van der Waals surface area contributed by atoms with E-state index in [1.165, 1.54) is 6.26 Å². The molecular formula is C23H36O7Si. The van der Waals surface area contributed by atoms with E-state index < -0.39 is 43.6 Å². The van der Waals surface area contributed by atoms with Crippen LogP contribution in [0, 0.1) is 11.8 Å². The Morgan fingerprint density at radius 1 is 1.16 bits per heavy atom. The van der Waals surface area contributed by atoms with Crippen molar-refractivity contribution in [1.82, 2.24) is 0 Å². The summed E-state index contributed by atoms with van der Waals surface area (Å²) < 4.78 is 23.0. The van der Waals surface area contributed by atoms with Crippen molar-refractivity contribution in [2.45, 2.75) is 77.6 Å². The molecule has 1 saturated carbocycles. The van der Waals surface area contributed by atoms with E-state index in [1.807, 2.05) is 0 Å². The van der Waals surface area contributed by atoms with E-state index in [-0.39, 0.29) is 30.5 Å². The van der Waals surface area contributed by atoms with Crippen LogP contribution in [0.3, 0.4) is 0 Å². The number of ether oxygens (including phenoxy) is 2. The van der Waals surface area contributed by atoms with Crippen molar-refractivity contribution in [1.29, 1.82) is 0 Å². The highest BCUT2D eigenvalue weighted by Gasteiger charge is 2.61. The lowest BCUT2D eigenvalue weighted by atomic mass is 9.63. The SMILES string of the molecule is CCOC(=O)C1C(=O)CC(C)(O[Si](C)(C)C(C)(C)C)C(C(=O)OCC)C1c1ccco1. The molecule has 1 aromatic heterocycles. The first kappa shape index (κ1) is 25.3. The van der Waals surface area contributed by atoms with Crippen molar-refractivity contribution in [3.05, 3.63) is 24.2 Å². The number of hydrogen-bond acceptors (Lipinski definition) is 7. The van der Waals surface area contributed by atoms with Gasteiger partial charge in [0.2, 0.25) is 0 Å². The van der Waals surface area contributed by atoms with E-state index in [0.717, 1.165) is 0 Å². The number of Topliss-reactive ketones (excluding diaryl/α,β-unsaturated/α-hetero) is 1. The minimum atomic E-state index is -2.39. The number of ketones is 1. The fraction of sp³-hybridized carbons (Fsp3) is 0.696. The summed E-state index contributed by atoms with van der Waals surface area (Å²) in [5.74, 6) is -4.04. The van der Waals surface area contributed by atoms with Gasteiger partial charge in [0.25, 0.3) is 0 Å². The summed E-state index contributed by atoms with van der Waals surface area (Å²) in [5, 5.41) is -0.142. The number of furan rings is 1. The van der Waals surface area contributed by atoms with Crippen molar-refractivity contribution in [2.75, 3.05) is 13.2 Å². The Morgan fingerprint density at radius 2 is 1.74 bits per heavy atom. The first-order valence-electron chi connectivity index (χ1n) is 10.9. The van der Waals surface area contributed by atoms with Crippen LogP contribution < -0.4 is 0 Å². The van der Waals surface area contributed by atoms with E-state index in [1.54, 1.807) is 32.9 Å². The highest BCUT2D eigenvalue weighted by Crippen LogP contribution is 2.51. The zero-order chi connectivity index (χ0) is 23.6. The van der Waals surface area contributed by atoms with Gasteiger partial charge in [0.15, 0.2) is 14.1 Å². The number of esters is 2. The highest BCUT2D eigenvalue weighted by molar-refractivity contribution is 6.74. The van der Waals surface area contributed by atoms with Crippen LogP contribution in [0.2, 0.25) is 18.1 Å². The molecule has 8 heteroatoms. The van der Waals surface area contributed by atoms with Gasteiger partial charge in [-0.05, 0) is 51.0 Å². The lowest BCUT2D eigenvalue weighted by Gasteiger charge is -2.51. The third kappa shape index (κ3) is 5.11. The van der Waals surface area contributed by atoms with Crippen molar-refractivity contribution < 1.29 is 32.7 Å². The van der Waals surface area contributed by atoms with Crippen LogP contribution in [0.25, 0.3) is 0 Å². The molecule has 4 atom stereocenters. The molecule has 1 heterocycles. The Hall–Kier alpha value is -1.93. The molecule has 0 aliphatic heterocycles. The quantitative estimate of drug-likeness (QED) is 0.342. The topological polar surface area (TPSA) is 92.0 Å². The summed E-state index contributed by atoms with van der Waals surface area (Å²) in [6.07, 6.45) is 1.38. The molecule has 0 aromatic carbocycles. The third-order valence-corrected chi connectivity index (χ3v) is 11.1. The van der Waals surface area contributed by atoms with Gasteiger partial charge < -0.3 is 18.3 Å². The minimum Gasteiger partial charge on any atom is -0.469 e. The van der Waals surface area contributed by atoms with Crippen molar-refractivity contribution in [3.63, 3.8) is 0 Å². The number of carbonyl (C=O) groups is 3. The molecule has 174 valence electrons. The summed E-state index contributed by atoms with van der Waals surface area (Å²) in [7, 11) is -2.39. The maximum absolute atomic E-state index is 13.3. The molecule has 1 aliphatic rings. The molecule has 0 amide bonds. The zero-order valence-corrected chi connectivity index (χ0v) is 20.9. The molecular weight excluding hydrogens is 416 g/mol. The highest BCUT2D eigenvalue weighted by atomic mass is 28.4. The molecule has 0 radical (unpaired) electrons. The molecule has 1 fully saturated rings. The van der Waals surface area contributed by atoms with Gasteiger partial charge in [-0.1, -0.05) is 20.8 Å². The molecule has 0 N–H and O–H groups in total. The zero-order valence-electron chi connectivity index (χ0n) is 19.9. The van der Waals surface area contributed by atoms with Crippen LogP contribution in [0.4, 0.5) is 0 Å². The molecule has 0 saturated heterocycles.